The van der Waals surface area contributed by atoms with Crippen LogP contribution in [0.1, 0.15) is 0 Å². The quantitative estimate of drug-likeness (QED) is 0.556. The number of aromatic amines is 1. The molecule has 0 aliphatic rings. The Kier molecular flexibility index (Phi) is 2.32. The lowest BCUT2D eigenvalue weighted by atomic mass is 10.0. The monoisotopic (exact) mass is 278 g/mol. The van der Waals surface area contributed by atoms with Crippen LogP contribution < -0.4 is 11.3 Å². The van der Waals surface area contributed by atoms with Crippen molar-refractivity contribution in [3.8, 4) is 11.1 Å². The van der Waals surface area contributed by atoms with E-state index in [1.165, 1.54) is 6.33 Å². The van der Waals surface area contributed by atoms with Crippen LogP contribution in [0.3, 0.4) is 0 Å². The number of oxazole rings is 1. The van der Waals surface area contributed by atoms with E-state index in [0.29, 0.717) is 22.0 Å². The largest absolute Gasteiger partial charge is 0.424 e. The van der Waals surface area contributed by atoms with Gasteiger partial charge in [0.25, 0.3) is 11.6 Å². The molecular weight excluding hydrogens is 268 g/mol. The first-order chi connectivity index (χ1) is 10.2. The number of aromatic nitrogens is 3. The summed E-state index contributed by atoms with van der Waals surface area (Å²) < 4.78 is 5.25. The fourth-order valence-corrected chi connectivity index (χ4v) is 2.37. The van der Waals surface area contributed by atoms with Gasteiger partial charge in [0.15, 0.2) is 5.58 Å². The van der Waals surface area contributed by atoms with Crippen molar-refractivity contribution in [2.45, 2.75) is 0 Å². The molecule has 0 aliphatic carbocycles. The second-order valence-electron chi connectivity index (χ2n) is 4.70. The van der Waals surface area contributed by atoms with Gasteiger partial charge in [-0.25, -0.2) is 4.98 Å². The molecule has 102 valence electrons. The van der Waals surface area contributed by atoms with Crippen molar-refractivity contribution in [1.29, 1.82) is 0 Å². The molecule has 6 nitrogen and oxygen atoms in total. The summed E-state index contributed by atoms with van der Waals surface area (Å²) in [5, 5.41) is 0.551. The Balaban J connectivity index is 1.94. The fourth-order valence-electron chi connectivity index (χ4n) is 2.37. The number of nitrogens with zero attached hydrogens (tertiary/aromatic N) is 2. The van der Waals surface area contributed by atoms with Crippen molar-refractivity contribution in [2.24, 2.45) is 0 Å². The van der Waals surface area contributed by atoms with Crippen molar-refractivity contribution in [1.82, 2.24) is 15.0 Å². The third-order valence-electron chi connectivity index (χ3n) is 3.38. The molecule has 0 unspecified atom stereocenters. The van der Waals surface area contributed by atoms with E-state index in [9.17, 15) is 4.79 Å². The maximum absolute atomic E-state index is 11.8. The molecule has 0 saturated carbocycles. The van der Waals surface area contributed by atoms with Crippen molar-refractivity contribution >= 4 is 28.0 Å². The van der Waals surface area contributed by atoms with Crippen LogP contribution in [0.25, 0.3) is 33.1 Å². The predicted octanol–water partition coefficient (Wildman–Crippen LogP) is 2.31. The first kappa shape index (κ1) is 11.7. The standard InChI is InChI=1S/C15H10N4O2/c16-15-19-12-6-9(2-4-13(12)21-15)8-1-3-11-10(5-8)14(20)18-7-17-11/h1-7H,(H2,16,19)(H,17,18,20). The van der Waals surface area contributed by atoms with Crippen molar-refractivity contribution < 1.29 is 4.42 Å². The SMILES string of the molecule is Nc1nc2cc(-c3ccc4nc[nH]c(=O)c4c3)ccc2o1. The molecule has 0 saturated heterocycles. The Morgan fingerprint density at radius 2 is 1.86 bits per heavy atom. The van der Waals surface area contributed by atoms with Gasteiger partial charge in [0, 0.05) is 0 Å². The van der Waals surface area contributed by atoms with Gasteiger partial charge in [-0.3, -0.25) is 4.79 Å². The van der Waals surface area contributed by atoms with Gasteiger partial charge < -0.3 is 15.1 Å². The molecule has 2 aromatic carbocycles. The van der Waals surface area contributed by atoms with Gasteiger partial charge in [-0.1, -0.05) is 12.1 Å². The first-order valence-electron chi connectivity index (χ1n) is 6.34. The molecule has 0 amide bonds. The zero-order valence-corrected chi connectivity index (χ0v) is 10.8. The average molecular weight is 278 g/mol. The molecule has 0 aliphatic heterocycles. The zero-order valence-electron chi connectivity index (χ0n) is 10.8. The Morgan fingerprint density at radius 1 is 1.05 bits per heavy atom. The molecule has 6 heteroatoms. The van der Waals surface area contributed by atoms with E-state index in [1.54, 1.807) is 0 Å². The van der Waals surface area contributed by atoms with E-state index < -0.39 is 0 Å². The van der Waals surface area contributed by atoms with Gasteiger partial charge in [-0.2, -0.15) is 4.98 Å². The molecule has 2 heterocycles. The summed E-state index contributed by atoms with van der Waals surface area (Å²) in [4.78, 5) is 22.7. The number of nitrogens with one attached hydrogen (secondary N) is 1. The number of hydrogen-bond acceptors (Lipinski definition) is 5. The van der Waals surface area contributed by atoms with Gasteiger partial charge >= 0.3 is 0 Å². The van der Waals surface area contributed by atoms with Gasteiger partial charge in [-0.15, -0.1) is 0 Å². The van der Waals surface area contributed by atoms with Gasteiger partial charge in [0.1, 0.15) is 5.52 Å². The Morgan fingerprint density at radius 3 is 2.76 bits per heavy atom. The fraction of sp³-hybridized carbons (Fsp3) is 0. The number of hydrogen-bond donors (Lipinski definition) is 2. The lowest BCUT2D eigenvalue weighted by molar-refractivity contribution is 0.626. The van der Waals surface area contributed by atoms with E-state index in [1.807, 2.05) is 36.4 Å². The highest BCUT2D eigenvalue weighted by Gasteiger charge is 2.07. The molecule has 4 aromatic rings. The molecule has 2 aromatic heterocycles. The Hall–Kier alpha value is -3.15. The number of fused-ring (bicyclic) bond motifs is 2. The second kappa shape index (κ2) is 4.17. The molecule has 0 radical (unpaired) electrons. The van der Waals surface area contributed by atoms with Gasteiger partial charge in [-0.05, 0) is 35.4 Å². The topological polar surface area (TPSA) is 97.8 Å². The summed E-state index contributed by atoms with van der Waals surface area (Å²) in [6, 6.07) is 11.3. The normalized spacial score (nSPS) is 11.2. The molecule has 0 atom stereocenters. The van der Waals surface area contributed by atoms with Crippen LogP contribution in [-0.2, 0) is 0 Å². The zero-order chi connectivity index (χ0) is 14.4. The van der Waals surface area contributed by atoms with E-state index >= 15 is 0 Å². The highest BCUT2D eigenvalue weighted by atomic mass is 16.4. The summed E-state index contributed by atoms with van der Waals surface area (Å²) >= 11 is 0. The minimum atomic E-state index is -0.159. The summed E-state index contributed by atoms with van der Waals surface area (Å²) in [7, 11) is 0. The van der Waals surface area contributed by atoms with Crippen LogP contribution >= 0.6 is 0 Å². The molecule has 0 fully saturated rings. The maximum atomic E-state index is 11.8. The molecule has 4 rings (SSSR count). The number of H-pyrrole nitrogens is 1. The minimum Gasteiger partial charge on any atom is -0.424 e. The summed E-state index contributed by atoms with van der Waals surface area (Å²) in [6.07, 6.45) is 1.40. The van der Waals surface area contributed by atoms with Gasteiger partial charge in [0.05, 0.1) is 17.2 Å². The Bertz CT molecular complexity index is 1030. The summed E-state index contributed by atoms with van der Waals surface area (Å²) in [5.41, 5.74) is 9.20. The number of anilines is 1. The summed E-state index contributed by atoms with van der Waals surface area (Å²) in [5.74, 6) is 0. The minimum absolute atomic E-state index is 0.140. The number of nitrogens with two attached hydrogens (primary N) is 1. The Labute approximate surface area is 118 Å². The van der Waals surface area contributed by atoms with Crippen LogP contribution in [-0.4, -0.2) is 15.0 Å². The van der Waals surface area contributed by atoms with Gasteiger partial charge in [0.2, 0.25) is 0 Å². The van der Waals surface area contributed by atoms with Crippen molar-refractivity contribution in [3.63, 3.8) is 0 Å². The summed E-state index contributed by atoms with van der Waals surface area (Å²) in [6.45, 7) is 0. The average Bonchev–Trinajstić information content (AvgIpc) is 2.86. The van der Waals surface area contributed by atoms with E-state index in [0.717, 1.165) is 11.1 Å². The van der Waals surface area contributed by atoms with Crippen molar-refractivity contribution in [3.05, 3.63) is 53.1 Å². The molecule has 21 heavy (non-hydrogen) atoms. The third-order valence-corrected chi connectivity index (χ3v) is 3.38. The smallest absolute Gasteiger partial charge is 0.292 e. The van der Waals surface area contributed by atoms with E-state index in [-0.39, 0.29) is 11.6 Å². The molecular formula is C15H10N4O2. The van der Waals surface area contributed by atoms with Crippen LogP contribution in [0.5, 0.6) is 0 Å². The molecule has 3 N–H and O–H groups in total. The van der Waals surface area contributed by atoms with Crippen LogP contribution in [0.15, 0.2) is 51.9 Å². The van der Waals surface area contributed by atoms with E-state index in [2.05, 4.69) is 15.0 Å². The number of benzene rings is 2. The molecule has 0 bridgehead atoms. The number of rotatable bonds is 1. The predicted molar refractivity (Wildman–Crippen MR) is 79.8 cm³/mol. The molecule has 0 spiro atoms. The first-order valence-corrected chi connectivity index (χ1v) is 6.34. The van der Waals surface area contributed by atoms with Crippen LogP contribution in [0.4, 0.5) is 6.01 Å². The lowest BCUT2D eigenvalue weighted by Gasteiger charge is -2.03. The van der Waals surface area contributed by atoms with E-state index in [4.69, 9.17) is 10.2 Å². The lowest BCUT2D eigenvalue weighted by Crippen LogP contribution is -2.05. The second-order valence-corrected chi connectivity index (χ2v) is 4.70. The number of nitrogen functional groups attached to an aromatic ring is 1. The maximum Gasteiger partial charge on any atom is 0.292 e. The van der Waals surface area contributed by atoms with Crippen molar-refractivity contribution in [2.75, 3.05) is 5.73 Å². The van der Waals surface area contributed by atoms with Crippen LogP contribution in [0.2, 0.25) is 0 Å². The highest BCUT2D eigenvalue weighted by molar-refractivity contribution is 5.86. The van der Waals surface area contributed by atoms with Crippen LogP contribution in [0, 0.1) is 0 Å². The highest BCUT2D eigenvalue weighted by Crippen LogP contribution is 2.26. The third kappa shape index (κ3) is 1.85.